The first-order valence-electron chi connectivity index (χ1n) is 2.77. The van der Waals surface area contributed by atoms with Crippen LogP contribution in [0, 0.1) is 0 Å². The number of rotatable bonds is 0. The summed E-state index contributed by atoms with van der Waals surface area (Å²) in [5.74, 6) is 0. The van der Waals surface area contributed by atoms with E-state index in [4.69, 9.17) is 0 Å². The molecule has 0 aliphatic carbocycles. The highest BCUT2D eigenvalue weighted by atomic mass is 31.1. The second kappa shape index (κ2) is 2.54. The number of hydrogen-bond acceptors (Lipinski definition) is 1. The van der Waals surface area contributed by atoms with Gasteiger partial charge in [-0.2, -0.15) is 0 Å². The molecule has 2 heteroatoms. The average molecular weight is 117 g/mol. The van der Waals surface area contributed by atoms with Crippen LogP contribution in [0.25, 0.3) is 0 Å². The van der Waals surface area contributed by atoms with Crippen LogP contribution in [0.1, 0.15) is 0 Å². The molecule has 0 atom stereocenters. The summed E-state index contributed by atoms with van der Waals surface area (Å²) in [6.45, 7) is 2.44. The van der Waals surface area contributed by atoms with Crippen molar-refractivity contribution in [1.29, 1.82) is 0 Å². The predicted octanol–water partition coefficient (Wildman–Crippen LogP) is 0.236. The van der Waals surface area contributed by atoms with E-state index in [0.29, 0.717) is 0 Å². The van der Waals surface area contributed by atoms with Gasteiger partial charge in [0, 0.05) is 0 Å². The molecule has 0 aromatic carbocycles. The molecular formula is C5H12NP. The highest BCUT2D eigenvalue weighted by molar-refractivity contribution is 7.55. The molecule has 1 aliphatic rings. The van der Waals surface area contributed by atoms with Crippen molar-refractivity contribution in [2.75, 3.05) is 25.4 Å². The molecule has 0 spiro atoms. The maximum Gasteiger partial charge on any atom is -0.00121 e. The fourth-order valence-electron chi connectivity index (χ4n) is 0.780. The van der Waals surface area contributed by atoms with Gasteiger partial charge in [-0.05, 0) is 25.4 Å². The normalized spacial score (nSPS) is 25.1. The molecule has 1 heterocycles. The predicted molar refractivity (Wildman–Crippen MR) is 38.0 cm³/mol. The number of hydrogen-bond donors (Lipinski definition) is 1. The Morgan fingerprint density at radius 2 is 1.86 bits per heavy atom. The summed E-state index contributed by atoms with van der Waals surface area (Å²) in [5.41, 5.74) is 0. The van der Waals surface area contributed by atoms with Crippen LogP contribution in [-0.4, -0.2) is 31.7 Å². The van der Waals surface area contributed by atoms with Crippen LogP contribution in [0.15, 0.2) is 0 Å². The summed E-state index contributed by atoms with van der Waals surface area (Å²) < 4.78 is 0. The topological polar surface area (TPSA) is 12.0 Å². The summed E-state index contributed by atoms with van der Waals surface area (Å²) in [5, 5.41) is 3.30. The summed E-state index contributed by atoms with van der Waals surface area (Å²) in [4.78, 5) is 0. The Kier molecular flexibility index (Phi) is 1.96. The highest BCUT2D eigenvalue weighted by Crippen LogP contribution is 2.18. The Morgan fingerprint density at radius 1 is 1.29 bits per heavy atom. The van der Waals surface area contributed by atoms with Gasteiger partial charge in [0.05, 0.1) is 0 Å². The van der Waals surface area contributed by atoms with Gasteiger partial charge >= 0.3 is 0 Å². The van der Waals surface area contributed by atoms with Crippen molar-refractivity contribution >= 4 is 13.8 Å². The molecule has 1 rings (SSSR count). The van der Waals surface area contributed by atoms with Crippen molar-refractivity contribution in [1.82, 2.24) is 5.32 Å². The molecule has 1 N–H and O–H groups in total. The summed E-state index contributed by atoms with van der Waals surface area (Å²) in [6, 6.07) is 0. The Labute approximate surface area is 45.5 Å². The molecule has 1 saturated heterocycles. The molecule has 1 aliphatic heterocycles. The molecule has 0 amide bonds. The van der Waals surface area contributed by atoms with Gasteiger partial charge in [-0.25, -0.2) is 0 Å². The maximum atomic E-state index is 4.06. The van der Waals surface area contributed by atoms with Gasteiger partial charge in [0.1, 0.15) is 0 Å². The smallest absolute Gasteiger partial charge is 0.00121 e. The largest absolute Gasteiger partial charge is 0.316 e. The Hall–Kier alpha value is 0.260. The fraction of sp³-hybridized carbons (Fsp3) is 0.800. The Bertz CT molecular complexity index is 72.1. The third-order valence-electron chi connectivity index (χ3n) is 1.31. The van der Waals surface area contributed by atoms with Crippen molar-refractivity contribution < 1.29 is 0 Å². The molecular weight excluding hydrogens is 105 g/mol. The van der Waals surface area contributed by atoms with Crippen molar-refractivity contribution in [2.24, 2.45) is 0 Å². The minimum absolute atomic E-state index is 0.106. The molecule has 0 radical (unpaired) electrons. The zero-order chi connectivity index (χ0) is 5.11. The van der Waals surface area contributed by atoms with Gasteiger partial charge in [0.15, 0.2) is 0 Å². The second-order valence-electron chi connectivity index (χ2n) is 2.00. The van der Waals surface area contributed by atoms with Crippen LogP contribution >= 0.6 is 7.55 Å². The van der Waals surface area contributed by atoms with Gasteiger partial charge in [-0.3, -0.25) is 0 Å². The van der Waals surface area contributed by atoms with Crippen LogP contribution in [0.5, 0.6) is 0 Å². The molecule has 7 heavy (non-hydrogen) atoms. The zero-order valence-corrected chi connectivity index (χ0v) is 5.54. The van der Waals surface area contributed by atoms with Gasteiger partial charge in [0.2, 0.25) is 0 Å². The minimum atomic E-state index is -0.106. The molecule has 1 nitrogen and oxygen atoms in total. The Morgan fingerprint density at radius 3 is 2.14 bits per heavy atom. The van der Waals surface area contributed by atoms with E-state index in [2.05, 4.69) is 11.6 Å². The first-order chi connectivity index (χ1) is 3.39. The van der Waals surface area contributed by atoms with Gasteiger partial charge in [0.25, 0.3) is 0 Å². The van der Waals surface area contributed by atoms with Crippen molar-refractivity contribution in [3.8, 4) is 0 Å². The monoisotopic (exact) mass is 117 g/mol. The third kappa shape index (κ3) is 1.67. The van der Waals surface area contributed by atoms with Crippen LogP contribution in [0.4, 0.5) is 0 Å². The lowest BCUT2D eigenvalue weighted by Gasteiger charge is -2.13. The Balaban J connectivity index is 2.25. The van der Waals surface area contributed by atoms with E-state index in [1.165, 1.54) is 25.4 Å². The van der Waals surface area contributed by atoms with E-state index < -0.39 is 0 Å². The molecule has 0 aromatic heterocycles. The maximum absolute atomic E-state index is 4.06. The van der Waals surface area contributed by atoms with Crippen molar-refractivity contribution in [3.05, 3.63) is 0 Å². The molecule has 1 fully saturated rings. The van der Waals surface area contributed by atoms with E-state index in [1.807, 2.05) is 0 Å². The van der Waals surface area contributed by atoms with Gasteiger partial charge in [-0.1, -0.05) is 0 Å². The van der Waals surface area contributed by atoms with E-state index in [1.54, 1.807) is 0 Å². The zero-order valence-electron chi connectivity index (χ0n) is 4.54. The SMILES string of the molecule is C=[PH]1CCNCC1. The molecule has 0 unspecified atom stereocenters. The quantitative estimate of drug-likeness (QED) is 0.448. The summed E-state index contributed by atoms with van der Waals surface area (Å²) in [6.07, 6.45) is 6.79. The van der Waals surface area contributed by atoms with E-state index in [0.717, 1.165) is 0 Å². The molecule has 42 valence electrons. The molecule has 0 bridgehead atoms. The van der Waals surface area contributed by atoms with Gasteiger partial charge < -0.3 is 5.32 Å². The van der Waals surface area contributed by atoms with Crippen molar-refractivity contribution in [3.63, 3.8) is 0 Å². The second-order valence-corrected chi connectivity index (χ2v) is 4.50. The average Bonchev–Trinajstić information content (AvgIpc) is 1.69. The third-order valence-corrected chi connectivity index (χ3v) is 3.22. The van der Waals surface area contributed by atoms with E-state index in [9.17, 15) is 0 Å². The van der Waals surface area contributed by atoms with Gasteiger partial charge in [-0.15, -0.1) is 13.8 Å². The van der Waals surface area contributed by atoms with Crippen LogP contribution in [0.3, 0.4) is 0 Å². The highest BCUT2D eigenvalue weighted by Gasteiger charge is 1.97. The lowest BCUT2D eigenvalue weighted by atomic mass is 10.6. The van der Waals surface area contributed by atoms with Crippen molar-refractivity contribution in [2.45, 2.75) is 0 Å². The number of nitrogens with one attached hydrogen (secondary N) is 1. The van der Waals surface area contributed by atoms with Crippen LogP contribution in [-0.2, 0) is 0 Å². The van der Waals surface area contributed by atoms with E-state index >= 15 is 0 Å². The standard InChI is InChI=1S/C5H12NP/c1-7-4-2-6-3-5-7/h6-7H,1-5H2. The summed E-state index contributed by atoms with van der Waals surface area (Å²) in [7, 11) is -0.106. The lowest BCUT2D eigenvalue weighted by molar-refractivity contribution is 0.751. The molecule has 0 aromatic rings. The first kappa shape index (κ1) is 5.40. The summed E-state index contributed by atoms with van der Waals surface area (Å²) >= 11 is 0. The minimum Gasteiger partial charge on any atom is -0.316 e. The van der Waals surface area contributed by atoms with E-state index in [-0.39, 0.29) is 7.55 Å². The van der Waals surface area contributed by atoms with Crippen LogP contribution in [0.2, 0.25) is 0 Å². The molecule has 0 saturated carbocycles. The fourth-order valence-corrected chi connectivity index (χ4v) is 2.09. The lowest BCUT2D eigenvalue weighted by Crippen LogP contribution is -2.25. The first-order valence-corrected chi connectivity index (χ1v) is 4.89. The van der Waals surface area contributed by atoms with Crippen LogP contribution < -0.4 is 5.32 Å².